The molecule has 0 saturated heterocycles. The van der Waals surface area contributed by atoms with Crippen LogP contribution in [0.2, 0.25) is 10.0 Å². The third-order valence-corrected chi connectivity index (χ3v) is 4.09. The van der Waals surface area contributed by atoms with E-state index in [2.05, 4.69) is 0 Å². The van der Waals surface area contributed by atoms with Crippen molar-refractivity contribution in [1.29, 1.82) is 0 Å². The van der Waals surface area contributed by atoms with E-state index in [-0.39, 0.29) is 12.7 Å². The van der Waals surface area contributed by atoms with Crippen molar-refractivity contribution in [2.24, 2.45) is 0 Å². The van der Waals surface area contributed by atoms with Gasteiger partial charge < -0.3 is 14.2 Å². The van der Waals surface area contributed by atoms with Crippen molar-refractivity contribution in [2.75, 3.05) is 7.11 Å². The molecule has 138 valence electrons. The van der Waals surface area contributed by atoms with E-state index in [0.29, 0.717) is 27.1 Å². The number of halogens is 2. The van der Waals surface area contributed by atoms with Crippen molar-refractivity contribution in [1.82, 2.24) is 0 Å². The maximum Gasteiger partial charge on any atom is 0.331 e. The van der Waals surface area contributed by atoms with Gasteiger partial charge >= 0.3 is 5.97 Å². The zero-order valence-electron chi connectivity index (χ0n) is 14.8. The van der Waals surface area contributed by atoms with Crippen LogP contribution >= 0.6 is 23.2 Å². The molecule has 2 aromatic rings. The maximum atomic E-state index is 11.6. The predicted molar refractivity (Wildman–Crippen MR) is 104 cm³/mol. The van der Waals surface area contributed by atoms with Gasteiger partial charge in [-0.25, -0.2) is 4.79 Å². The maximum absolute atomic E-state index is 11.6. The molecule has 0 unspecified atom stereocenters. The molecule has 0 bridgehead atoms. The van der Waals surface area contributed by atoms with Crippen LogP contribution in [-0.4, -0.2) is 19.2 Å². The Balaban J connectivity index is 2.11. The first-order chi connectivity index (χ1) is 12.4. The molecule has 6 heteroatoms. The normalized spacial score (nSPS) is 11.0. The first kappa shape index (κ1) is 20.1. The number of methoxy groups -OCH3 is 1. The molecule has 0 aliphatic rings. The molecule has 0 amide bonds. The van der Waals surface area contributed by atoms with Crippen LogP contribution in [0.4, 0.5) is 0 Å². The van der Waals surface area contributed by atoms with Crippen LogP contribution in [0.5, 0.6) is 11.5 Å². The summed E-state index contributed by atoms with van der Waals surface area (Å²) in [7, 11) is 1.55. The van der Waals surface area contributed by atoms with Gasteiger partial charge in [0.05, 0.1) is 13.2 Å². The number of carbonyl (C=O) groups excluding carboxylic acids is 1. The van der Waals surface area contributed by atoms with Gasteiger partial charge in [-0.3, -0.25) is 0 Å². The molecule has 0 saturated carbocycles. The Labute approximate surface area is 163 Å². The highest BCUT2D eigenvalue weighted by molar-refractivity contribution is 6.35. The Kier molecular flexibility index (Phi) is 7.37. The van der Waals surface area contributed by atoms with Crippen LogP contribution in [-0.2, 0) is 16.1 Å². The quantitative estimate of drug-likeness (QED) is 0.456. The molecular formula is C20H20Cl2O4. The van der Waals surface area contributed by atoms with Gasteiger partial charge in [-0.1, -0.05) is 35.3 Å². The third-order valence-electron chi connectivity index (χ3n) is 3.39. The molecule has 0 heterocycles. The van der Waals surface area contributed by atoms with E-state index in [0.717, 1.165) is 5.56 Å². The Hall–Kier alpha value is -2.17. The Morgan fingerprint density at radius 3 is 2.42 bits per heavy atom. The van der Waals surface area contributed by atoms with Crippen molar-refractivity contribution in [3.05, 3.63) is 63.6 Å². The first-order valence-corrected chi connectivity index (χ1v) is 8.78. The monoisotopic (exact) mass is 394 g/mol. The molecule has 0 aromatic heterocycles. The Morgan fingerprint density at radius 2 is 1.81 bits per heavy atom. The van der Waals surface area contributed by atoms with E-state index in [1.807, 2.05) is 6.07 Å². The largest absolute Gasteiger partial charge is 0.493 e. The molecule has 2 rings (SSSR count). The number of benzene rings is 2. The fourth-order valence-corrected chi connectivity index (χ4v) is 2.67. The van der Waals surface area contributed by atoms with E-state index >= 15 is 0 Å². The SMILES string of the molecule is COc1cc(/C=C/C(=O)OC(C)C)ccc1OCc1c(Cl)cccc1Cl. The van der Waals surface area contributed by atoms with Gasteiger partial charge in [-0.2, -0.15) is 0 Å². The average Bonchev–Trinajstić information content (AvgIpc) is 2.59. The van der Waals surface area contributed by atoms with Gasteiger partial charge in [0.15, 0.2) is 11.5 Å². The second-order valence-electron chi connectivity index (χ2n) is 5.72. The summed E-state index contributed by atoms with van der Waals surface area (Å²) in [5.41, 5.74) is 1.49. The average molecular weight is 395 g/mol. The van der Waals surface area contributed by atoms with Crippen LogP contribution < -0.4 is 9.47 Å². The summed E-state index contributed by atoms with van der Waals surface area (Å²) in [6.45, 7) is 3.81. The highest BCUT2D eigenvalue weighted by Crippen LogP contribution is 2.31. The van der Waals surface area contributed by atoms with Crippen LogP contribution in [0.25, 0.3) is 6.08 Å². The summed E-state index contributed by atoms with van der Waals surface area (Å²) < 4.78 is 16.2. The van der Waals surface area contributed by atoms with E-state index in [1.54, 1.807) is 57.4 Å². The van der Waals surface area contributed by atoms with Gasteiger partial charge in [-0.05, 0) is 49.8 Å². The van der Waals surface area contributed by atoms with E-state index in [4.69, 9.17) is 37.4 Å². The zero-order chi connectivity index (χ0) is 19.1. The van der Waals surface area contributed by atoms with Crippen LogP contribution in [0.15, 0.2) is 42.5 Å². The molecular weight excluding hydrogens is 375 g/mol. The lowest BCUT2D eigenvalue weighted by Gasteiger charge is -2.13. The number of carbonyl (C=O) groups is 1. The highest BCUT2D eigenvalue weighted by atomic mass is 35.5. The lowest BCUT2D eigenvalue weighted by molar-refractivity contribution is -0.141. The predicted octanol–water partition coefficient (Wildman–Crippen LogP) is 5.55. The Morgan fingerprint density at radius 1 is 1.12 bits per heavy atom. The fourth-order valence-electron chi connectivity index (χ4n) is 2.16. The van der Waals surface area contributed by atoms with E-state index in [1.165, 1.54) is 6.08 Å². The van der Waals surface area contributed by atoms with Crippen LogP contribution in [0.3, 0.4) is 0 Å². The molecule has 0 fully saturated rings. The summed E-state index contributed by atoms with van der Waals surface area (Å²) >= 11 is 12.3. The highest BCUT2D eigenvalue weighted by Gasteiger charge is 2.10. The van der Waals surface area contributed by atoms with Crippen molar-refractivity contribution < 1.29 is 19.0 Å². The molecule has 0 atom stereocenters. The molecule has 0 N–H and O–H groups in total. The lowest BCUT2D eigenvalue weighted by Crippen LogP contribution is -2.08. The molecule has 4 nitrogen and oxygen atoms in total. The molecule has 0 aliphatic carbocycles. The minimum atomic E-state index is -0.396. The van der Waals surface area contributed by atoms with Gasteiger partial charge in [0.2, 0.25) is 0 Å². The minimum absolute atomic E-state index is 0.158. The number of rotatable bonds is 7. The number of esters is 1. The molecule has 26 heavy (non-hydrogen) atoms. The zero-order valence-corrected chi connectivity index (χ0v) is 16.3. The van der Waals surface area contributed by atoms with Crippen LogP contribution in [0.1, 0.15) is 25.0 Å². The topological polar surface area (TPSA) is 44.8 Å². The van der Waals surface area contributed by atoms with Gasteiger partial charge in [0.25, 0.3) is 0 Å². The van der Waals surface area contributed by atoms with Crippen molar-refractivity contribution in [2.45, 2.75) is 26.6 Å². The number of ether oxygens (including phenoxy) is 3. The van der Waals surface area contributed by atoms with Gasteiger partial charge in [0, 0.05) is 21.7 Å². The van der Waals surface area contributed by atoms with Gasteiger partial charge in [-0.15, -0.1) is 0 Å². The summed E-state index contributed by atoms with van der Waals surface area (Å²) in [4.78, 5) is 11.6. The summed E-state index contributed by atoms with van der Waals surface area (Å²) in [5, 5.41) is 1.08. The van der Waals surface area contributed by atoms with Crippen molar-refractivity contribution in [3.63, 3.8) is 0 Å². The first-order valence-electron chi connectivity index (χ1n) is 8.03. The number of hydrogen-bond acceptors (Lipinski definition) is 4. The Bertz CT molecular complexity index is 780. The second kappa shape index (κ2) is 9.51. The molecule has 0 aliphatic heterocycles. The smallest absolute Gasteiger partial charge is 0.331 e. The second-order valence-corrected chi connectivity index (χ2v) is 6.53. The number of hydrogen-bond donors (Lipinski definition) is 0. The summed E-state index contributed by atoms with van der Waals surface area (Å²) in [6, 6.07) is 10.6. The van der Waals surface area contributed by atoms with Crippen molar-refractivity contribution in [3.8, 4) is 11.5 Å². The molecule has 0 radical (unpaired) electrons. The summed E-state index contributed by atoms with van der Waals surface area (Å²) in [5.74, 6) is 0.686. The standard InChI is InChI=1S/C20H20Cl2O4/c1-13(2)26-20(23)10-8-14-7-9-18(19(11-14)24-3)25-12-15-16(21)5-4-6-17(15)22/h4-11,13H,12H2,1-3H3/b10-8+. The van der Waals surface area contributed by atoms with E-state index in [9.17, 15) is 4.79 Å². The minimum Gasteiger partial charge on any atom is -0.493 e. The van der Waals surface area contributed by atoms with Crippen LogP contribution in [0, 0.1) is 0 Å². The van der Waals surface area contributed by atoms with Crippen molar-refractivity contribution >= 4 is 35.2 Å². The van der Waals surface area contributed by atoms with E-state index < -0.39 is 5.97 Å². The fraction of sp³-hybridized carbons (Fsp3) is 0.250. The summed E-state index contributed by atoms with van der Waals surface area (Å²) in [6.07, 6.45) is 2.87. The lowest BCUT2D eigenvalue weighted by atomic mass is 10.2. The van der Waals surface area contributed by atoms with Gasteiger partial charge in [0.1, 0.15) is 6.61 Å². The third kappa shape index (κ3) is 5.68. The molecule has 0 spiro atoms. The molecule has 2 aromatic carbocycles.